The SMILES string of the molecule is Cn1nc(C(=O)Nc2c(F)cccc2F)cc1Br. The van der Waals surface area contributed by atoms with Gasteiger partial charge >= 0.3 is 0 Å². The highest BCUT2D eigenvalue weighted by atomic mass is 79.9. The largest absolute Gasteiger partial charge is 0.316 e. The second kappa shape index (κ2) is 4.85. The summed E-state index contributed by atoms with van der Waals surface area (Å²) < 4.78 is 28.7. The van der Waals surface area contributed by atoms with E-state index in [1.54, 1.807) is 7.05 Å². The maximum Gasteiger partial charge on any atom is 0.276 e. The molecular weight excluding hydrogens is 308 g/mol. The molecule has 0 saturated heterocycles. The van der Waals surface area contributed by atoms with E-state index < -0.39 is 23.2 Å². The van der Waals surface area contributed by atoms with Gasteiger partial charge in [0.05, 0.1) is 0 Å². The van der Waals surface area contributed by atoms with Crippen LogP contribution in [0.15, 0.2) is 28.9 Å². The molecule has 0 aliphatic carbocycles. The Morgan fingerprint density at radius 1 is 1.39 bits per heavy atom. The summed E-state index contributed by atoms with van der Waals surface area (Å²) in [7, 11) is 1.63. The van der Waals surface area contributed by atoms with Gasteiger partial charge in [0.2, 0.25) is 0 Å². The molecule has 7 heteroatoms. The first kappa shape index (κ1) is 12.7. The summed E-state index contributed by atoms with van der Waals surface area (Å²) in [5.41, 5.74) is -0.420. The van der Waals surface area contributed by atoms with Crippen LogP contribution in [0.3, 0.4) is 0 Å². The first-order valence-electron chi connectivity index (χ1n) is 4.94. The molecule has 1 amide bonds. The minimum absolute atomic E-state index is 0.0621. The summed E-state index contributed by atoms with van der Waals surface area (Å²) in [4.78, 5) is 11.7. The van der Waals surface area contributed by atoms with Crippen molar-refractivity contribution in [3.8, 4) is 0 Å². The van der Waals surface area contributed by atoms with Crippen molar-refractivity contribution in [2.24, 2.45) is 7.05 Å². The number of carbonyl (C=O) groups excluding carboxylic acids is 1. The Kier molecular flexibility index (Phi) is 3.42. The van der Waals surface area contributed by atoms with Crippen molar-refractivity contribution in [3.05, 3.63) is 46.2 Å². The molecule has 94 valence electrons. The Bertz CT molecular complexity index is 573. The van der Waals surface area contributed by atoms with Crippen molar-refractivity contribution >= 4 is 27.5 Å². The monoisotopic (exact) mass is 315 g/mol. The Morgan fingerprint density at radius 3 is 2.50 bits per heavy atom. The zero-order valence-electron chi connectivity index (χ0n) is 9.25. The van der Waals surface area contributed by atoms with Crippen LogP contribution in [0.2, 0.25) is 0 Å². The third-order valence-corrected chi connectivity index (χ3v) is 3.00. The highest BCUT2D eigenvalue weighted by molar-refractivity contribution is 9.10. The van der Waals surface area contributed by atoms with E-state index in [1.165, 1.54) is 16.8 Å². The number of amides is 1. The highest BCUT2D eigenvalue weighted by Crippen LogP contribution is 2.19. The van der Waals surface area contributed by atoms with E-state index in [-0.39, 0.29) is 5.69 Å². The molecule has 2 aromatic rings. The van der Waals surface area contributed by atoms with E-state index in [2.05, 4.69) is 26.3 Å². The molecule has 2 rings (SSSR count). The lowest BCUT2D eigenvalue weighted by molar-refractivity contribution is 0.102. The van der Waals surface area contributed by atoms with Gasteiger partial charge in [-0.1, -0.05) is 6.07 Å². The van der Waals surface area contributed by atoms with Gasteiger partial charge in [0.25, 0.3) is 5.91 Å². The number of rotatable bonds is 2. The first-order valence-corrected chi connectivity index (χ1v) is 5.73. The van der Waals surface area contributed by atoms with Crippen molar-refractivity contribution in [2.45, 2.75) is 0 Å². The number of carbonyl (C=O) groups is 1. The van der Waals surface area contributed by atoms with Crippen LogP contribution < -0.4 is 5.32 Å². The third-order valence-electron chi connectivity index (χ3n) is 2.26. The van der Waals surface area contributed by atoms with Crippen LogP contribution in [0.5, 0.6) is 0 Å². The van der Waals surface area contributed by atoms with Crippen molar-refractivity contribution in [1.82, 2.24) is 9.78 Å². The van der Waals surface area contributed by atoms with Crippen molar-refractivity contribution in [2.75, 3.05) is 5.32 Å². The maximum absolute atomic E-state index is 13.3. The molecule has 0 atom stereocenters. The van der Waals surface area contributed by atoms with Gasteiger partial charge in [-0.3, -0.25) is 9.48 Å². The fourth-order valence-corrected chi connectivity index (χ4v) is 1.65. The number of nitrogens with one attached hydrogen (secondary N) is 1. The van der Waals surface area contributed by atoms with E-state index in [4.69, 9.17) is 0 Å². The fraction of sp³-hybridized carbons (Fsp3) is 0.0909. The van der Waals surface area contributed by atoms with Crippen molar-refractivity contribution < 1.29 is 13.6 Å². The zero-order chi connectivity index (χ0) is 13.3. The van der Waals surface area contributed by atoms with Crippen LogP contribution in [0.25, 0.3) is 0 Å². The molecule has 1 heterocycles. The van der Waals surface area contributed by atoms with Crippen LogP contribution in [0, 0.1) is 11.6 Å². The average molecular weight is 316 g/mol. The van der Waals surface area contributed by atoms with Crippen LogP contribution >= 0.6 is 15.9 Å². The summed E-state index contributed by atoms with van der Waals surface area (Å²) in [5.74, 6) is -2.35. The van der Waals surface area contributed by atoms with Crippen LogP contribution in [0.4, 0.5) is 14.5 Å². The van der Waals surface area contributed by atoms with Crippen molar-refractivity contribution in [3.63, 3.8) is 0 Å². The Balaban J connectivity index is 2.27. The summed E-state index contributed by atoms with van der Waals surface area (Å²) in [6.45, 7) is 0. The smallest absolute Gasteiger partial charge is 0.276 e. The Morgan fingerprint density at radius 2 is 2.00 bits per heavy atom. The minimum atomic E-state index is -0.835. The lowest BCUT2D eigenvalue weighted by atomic mass is 10.3. The maximum atomic E-state index is 13.3. The van der Waals surface area contributed by atoms with Gasteiger partial charge < -0.3 is 5.32 Å². The topological polar surface area (TPSA) is 46.9 Å². The van der Waals surface area contributed by atoms with Gasteiger partial charge in [-0.15, -0.1) is 0 Å². The number of halogens is 3. The summed E-state index contributed by atoms with van der Waals surface area (Å²) in [6, 6.07) is 4.80. The van der Waals surface area contributed by atoms with Gasteiger partial charge in [0.1, 0.15) is 21.9 Å². The van der Waals surface area contributed by atoms with Gasteiger partial charge in [0.15, 0.2) is 5.69 Å². The van der Waals surface area contributed by atoms with E-state index in [0.717, 1.165) is 12.1 Å². The predicted molar refractivity (Wildman–Crippen MR) is 65.2 cm³/mol. The number of para-hydroxylation sites is 1. The number of aromatic nitrogens is 2. The number of hydrogen-bond donors (Lipinski definition) is 1. The van der Waals surface area contributed by atoms with Crippen molar-refractivity contribution in [1.29, 1.82) is 0 Å². The molecule has 4 nitrogen and oxygen atoms in total. The number of anilines is 1. The summed E-state index contributed by atoms with van der Waals surface area (Å²) in [6.07, 6.45) is 0. The predicted octanol–water partition coefficient (Wildman–Crippen LogP) is 2.71. The number of hydrogen-bond acceptors (Lipinski definition) is 2. The molecule has 0 spiro atoms. The normalized spacial score (nSPS) is 10.4. The van der Waals surface area contributed by atoms with E-state index >= 15 is 0 Å². The van der Waals surface area contributed by atoms with E-state index in [9.17, 15) is 13.6 Å². The minimum Gasteiger partial charge on any atom is -0.316 e. The highest BCUT2D eigenvalue weighted by Gasteiger charge is 2.16. The molecular formula is C11H8BrF2N3O. The molecule has 0 saturated carbocycles. The molecule has 1 aromatic carbocycles. The van der Waals surface area contributed by atoms with Gasteiger partial charge in [0, 0.05) is 13.1 Å². The lowest BCUT2D eigenvalue weighted by Crippen LogP contribution is -2.15. The molecule has 0 aliphatic rings. The van der Waals surface area contributed by atoms with E-state index in [1.807, 2.05) is 0 Å². The summed E-state index contributed by atoms with van der Waals surface area (Å²) >= 11 is 3.17. The first-order chi connectivity index (χ1) is 8.49. The zero-order valence-corrected chi connectivity index (χ0v) is 10.8. The number of benzene rings is 1. The Labute approximate surface area is 110 Å². The number of aryl methyl sites for hydroxylation is 1. The molecule has 1 aromatic heterocycles. The molecule has 0 bridgehead atoms. The van der Waals surface area contributed by atoms with Crippen LogP contribution in [-0.4, -0.2) is 15.7 Å². The second-order valence-electron chi connectivity index (χ2n) is 3.53. The number of nitrogens with zero attached hydrogens (tertiary/aromatic N) is 2. The average Bonchev–Trinajstić information content (AvgIpc) is 2.64. The standard InChI is InChI=1S/C11H8BrF2N3O/c1-17-9(12)5-8(16-17)11(18)15-10-6(13)3-2-4-7(10)14/h2-5H,1H3,(H,15,18). The van der Waals surface area contributed by atoms with E-state index in [0.29, 0.717) is 4.60 Å². The lowest BCUT2D eigenvalue weighted by Gasteiger charge is -2.05. The van der Waals surface area contributed by atoms with Crippen LogP contribution in [0.1, 0.15) is 10.5 Å². The third kappa shape index (κ3) is 2.40. The molecule has 0 fully saturated rings. The second-order valence-corrected chi connectivity index (χ2v) is 4.34. The molecule has 1 N–H and O–H groups in total. The van der Waals surface area contributed by atoms with Gasteiger partial charge in [-0.25, -0.2) is 8.78 Å². The quantitative estimate of drug-likeness (QED) is 0.926. The van der Waals surface area contributed by atoms with Crippen LogP contribution in [-0.2, 0) is 7.05 Å². The summed E-state index contributed by atoms with van der Waals surface area (Å²) in [5, 5.41) is 6.03. The van der Waals surface area contributed by atoms with Gasteiger partial charge in [-0.2, -0.15) is 5.10 Å². The fourth-order valence-electron chi connectivity index (χ4n) is 1.35. The molecule has 0 unspecified atom stereocenters. The van der Waals surface area contributed by atoms with Gasteiger partial charge in [-0.05, 0) is 28.1 Å². The molecule has 0 radical (unpaired) electrons. The Hall–Kier alpha value is -1.76. The molecule has 0 aliphatic heterocycles. The molecule has 18 heavy (non-hydrogen) atoms.